The van der Waals surface area contributed by atoms with Crippen molar-refractivity contribution >= 4 is 18.3 Å². The van der Waals surface area contributed by atoms with E-state index >= 15 is 0 Å². The van der Waals surface area contributed by atoms with Crippen LogP contribution >= 0.6 is 12.4 Å². The molecule has 0 saturated carbocycles. The summed E-state index contributed by atoms with van der Waals surface area (Å²) in [6, 6.07) is 7.34. The van der Waals surface area contributed by atoms with Gasteiger partial charge in [0.05, 0.1) is 0 Å². The molecule has 0 bridgehead atoms. The highest BCUT2D eigenvalue weighted by Crippen LogP contribution is 2.17. The van der Waals surface area contributed by atoms with Crippen LogP contribution in [0.25, 0.3) is 0 Å². The minimum atomic E-state index is -0.551. The number of benzene rings is 1. The molecule has 0 saturated heterocycles. The maximum atomic E-state index is 12.5. The summed E-state index contributed by atoms with van der Waals surface area (Å²) in [5.41, 5.74) is 8.20. The van der Waals surface area contributed by atoms with Crippen LogP contribution in [-0.2, 0) is 4.79 Å². The van der Waals surface area contributed by atoms with E-state index in [0.29, 0.717) is 5.92 Å². The third-order valence-electron chi connectivity index (χ3n) is 4.03. The number of nitrogens with zero attached hydrogens (tertiary/aromatic N) is 1. The molecule has 0 aliphatic carbocycles. The monoisotopic (exact) mass is 312 g/mol. The van der Waals surface area contributed by atoms with Gasteiger partial charge in [-0.2, -0.15) is 0 Å². The first-order chi connectivity index (χ1) is 9.53. The Kier molecular flexibility index (Phi) is 9.31. The Bertz CT molecular complexity index is 415. The molecule has 4 heteroatoms. The molecule has 120 valence electrons. The highest BCUT2D eigenvalue weighted by atomic mass is 35.5. The predicted molar refractivity (Wildman–Crippen MR) is 91.7 cm³/mol. The maximum absolute atomic E-state index is 12.5. The zero-order chi connectivity index (χ0) is 15.1. The number of amides is 1. The van der Waals surface area contributed by atoms with Crippen molar-refractivity contribution in [1.82, 2.24) is 4.90 Å². The Morgan fingerprint density at radius 3 is 2.10 bits per heavy atom. The van der Waals surface area contributed by atoms with E-state index in [2.05, 4.69) is 13.8 Å². The van der Waals surface area contributed by atoms with Gasteiger partial charge in [-0.1, -0.05) is 56.5 Å². The average molecular weight is 313 g/mol. The summed E-state index contributed by atoms with van der Waals surface area (Å²) in [6.07, 6.45) is 2.19. The zero-order valence-corrected chi connectivity index (χ0v) is 14.5. The summed E-state index contributed by atoms with van der Waals surface area (Å²) in [5.74, 6) is 0.590. The van der Waals surface area contributed by atoms with Gasteiger partial charge in [0.15, 0.2) is 0 Å². The van der Waals surface area contributed by atoms with Crippen LogP contribution < -0.4 is 5.73 Å². The van der Waals surface area contributed by atoms with Crippen molar-refractivity contribution in [2.24, 2.45) is 11.7 Å². The van der Waals surface area contributed by atoms with Crippen molar-refractivity contribution < 1.29 is 4.79 Å². The second-order valence-corrected chi connectivity index (χ2v) is 5.45. The van der Waals surface area contributed by atoms with E-state index in [1.807, 2.05) is 43.0 Å². The SMILES string of the molecule is CCC(CC)CN(CC)C(=O)C(N)c1ccc(C)cc1.Cl. The molecule has 3 nitrogen and oxygen atoms in total. The van der Waals surface area contributed by atoms with E-state index in [-0.39, 0.29) is 18.3 Å². The number of carbonyl (C=O) groups is 1. The van der Waals surface area contributed by atoms with Crippen molar-refractivity contribution in [2.45, 2.75) is 46.6 Å². The maximum Gasteiger partial charge on any atom is 0.244 e. The second-order valence-electron chi connectivity index (χ2n) is 5.45. The summed E-state index contributed by atoms with van der Waals surface area (Å²) in [7, 11) is 0. The van der Waals surface area contributed by atoms with Gasteiger partial charge in [0.25, 0.3) is 0 Å². The molecule has 1 amide bonds. The number of carbonyl (C=O) groups excluding carboxylic acids is 1. The van der Waals surface area contributed by atoms with Crippen LogP contribution in [-0.4, -0.2) is 23.9 Å². The van der Waals surface area contributed by atoms with Crippen molar-refractivity contribution in [3.63, 3.8) is 0 Å². The lowest BCUT2D eigenvalue weighted by molar-refractivity contribution is -0.133. The highest BCUT2D eigenvalue weighted by molar-refractivity contribution is 5.85. The van der Waals surface area contributed by atoms with Gasteiger partial charge in [-0.15, -0.1) is 12.4 Å². The fraction of sp³-hybridized carbons (Fsp3) is 0.588. The van der Waals surface area contributed by atoms with E-state index in [1.165, 1.54) is 5.56 Å². The minimum Gasteiger partial charge on any atom is -0.341 e. The molecule has 0 aromatic heterocycles. The van der Waals surface area contributed by atoms with Gasteiger partial charge in [0.2, 0.25) is 5.91 Å². The lowest BCUT2D eigenvalue weighted by Crippen LogP contribution is -2.41. The van der Waals surface area contributed by atoms with Crippen molar-refractivity contribution in [2.75, 3.05) is 13.1 Å². The number of aryl methyl sites for hydroxylation is 1. The van der Waals surface area contributed by atoms with Crippen LogP contribution in [0.5, 0.6) is 0 Å². The zero-order valence-electron chi connectivity index (χ0n) is 13.6. The Morgan fingerprint density at radius 1 is 1.14 bits per heavy atom. The highest BCUT2D eigenvalue weighted by Gasteiger charge is 2.22. The van der Waals surface area contributed by atoms with Gasteiger partial charge in [-0.3, -0.25) is 4.79 Å². The van der Waals surface area contributed by atoms with Gasteiger partial charge < -0.3 is 10.6 Å². The number of rotatable bonds is 7. The second kappa shape index (κ2) is 9.80. The molecule has 0 spiro atoms. The first kappa shape index (κ1) is 19.9. The predicted octanol–water partition coefficient (Wildman–Crippen LogP) is 3.70. The molecule has 1 unspecified atom stereocenters. The van der Waals surface area contributed by atoms with Crippen LogP contribution in [0.2, 0.25) is 0 Å². The summed E-state index contributed by atoms with van der Waals surface area (Å²) < 4.78 is 0. The largest absolute Gasteiger partial charge is 0.341 e. The third kappa shape index (κ3) is 5.68. The van der Waals surface area contributed by atoms with Gasteiger partial charge in [-0.25, -0.2) is 0 Å². The molecule has 1 rings (SSSR count). The smallest absolute Gasteiger partial charge is 0.244 e. The Balaban J connectivity index is 0.00000400. The van der Waals surface area contributed by atoms with E-state index in [0.717, 1.165) is 31.5 Å². The molecule has 0 heterocycles. The fourth-order valence-electron chi connectivity index (χ4n) is 2.35. The number of likely N-dealkylation sites (N-methyl/N-ethyl adjacent to an activating group) is 1. The lowest BCUT2D eigenvalue weighted by Gasteiger charge is -2.28. The Hall–Kier alpha value is -1.06. The number of hydrogen-bond donors (Lipinski definition) is 1. The Labute approximate surface area is 135 Å². The van der Waals surface area contributed by atoms with Crippen LogP contribution in [0.1, 0.15) is 50.8 Å². The van der Waals surface area contributed by atoms with Gasteiger partial charge in [0, 0.05) is 13.1 Å². The van der Waals surface area contributed by atoms with E-state index in [9.17, 15) is 4.79 Å². The Morgan fingerprint density at radius 2 is 1.67 bits per heavy atom. The molecule has 21 heavy (non-hydrogen) atoms. The normalized spacial score (nSPS) is 11.9. The van der Waals surface area contributed by atoms with Crippen LogP contribution in [0, 0.1) is 12.8 Å². The van der Waals surface area contributed by atoms with Crippen LogP contribution in [0.4, 0.5) is 0 Å². The lowest BCUT2D eigenvalue weighted by atomic mass is 10.0. The number of hydrogen-bond acceptors (Lipinski definition) is 2. The molecule has 0 radical (unpaired) electrons. The van der Waals surface area contributed by atoms with Gasteiger partial charge in [-0.05, 0) is 25.3 Å². The standard InChI is InChI=1S/C17H28N2O.ClH/c1-5-14(6-2)12-19(7-3)17(20)16(18)15-10-8-13(4)9-11-15;/h8-11,14,16H,5-7,12,18H2,1-4H3;1H. The average Bonchev–Trinajstić information content (AvgIpc) is 2.48. The van der Waals surface area contributed by atoms with E-state index < -0.39 is 6.04 Å². The van der Waals surface area contributed by atoms with E-state index in [4.69, 9.17) is 5.73 Å². The number of halogens is 1. The number of nitrogens with two attached hydrogens (primary N) is 1. The molecule has 2 N–H and O–H groups in total. The fourth-order valence-corrected chi connectivity index (χ4v) is 2.35. The van der Waals surface area contributed by atoms with E-state index in [1.54, 1.807) is 0 Å². The summed E-state index contributed by atoms with van der Waals surface area (Å²) >= 11 is 0. The van der Waals surface area contributed by atoms with Crippen molar-refractivity contribution in [1.29, 1.82) is 0 Å². The quantitative estimate of drug-likeness (QED) is 0.834. The molecular weight excluding hydrogens is 284 g/mol. The molecule has 0 fully saturated rings. The molecule has 0 aliphatic heterocycles. The van der Waals surface area contributed by atoms with Crippen LogP contribution in [0.15, 0.2) is 24.3 Å². The van der Waals surface area contributed by atoms with Crippen LogP contribution in [0.3, 0.4) is 0 Å². The van der Waals surface area contributed by atoms with Crippen molar-refractivity contribution in [3.05, 3.63) is 35.4 Å². The minimum absolute atomic E-state index is 0. The van der Waals surface area contributed by atoms with Gasteiger partial charge in [0.1, 0.15) is 6.04 Å². The molecular formula is C17H29ClN2O. The van der Waals surface area contributed by atoms with Crippen molar-refractivity contribution in [3.8, 4) is 0 Å². The molecule has 1 aromatic rings. The molecule has 1 atom stereocenters. The molecule has 0 aliphatic rings. The van der Waals surface area contributed by atoms with Gasteiger partial charge >= 0.3 is 0 Å². The first-order valence-corrected chi connectivity index (χ1v) is 7.64. The first-order valence-electron chi connectivity index (χ1n) is 7.64. The summed E-state index contributed by atoms with van der Waals surface area (Å²) in [5, 5.41) is 0. The molecule has 1 aromatic carbocycles. The topological polar surface area (TPSA) is 46.3 Å². The summed E-state index contributed by atoms with van der Waals surface area (Å²) in [6.45, 7) is 9.92. The third-order valence-corrected chi connectivity index (χ3v) is 4.03. The summed E-state index contributed by atoms with van der Waals surface area (Å²) in [4.78, 5) is 14.4.